The molecule has 1 amide bonds. The number of piperidine rings is 1. The van der Waals surface area contributed by atoms with Gasteiger partial charge in [-0.15, -0.1) is 0 Å². The molecule has 4 rings (SSSR count). The van der Waals surface area contributed by atoms with Crippen LogP contribution in [0.1, 0.15) is 34.1 Å². The molecule has 29 heavy (non-hydrogen) atoms. The van der Waals surface area contributed by atoms with Crippen LogP contribution in [0.2, 0.25) is 0 Å². The summed E-state index contributed by atoms with van der Waals surface area (Å²) in [5.74, 6) is 1.98. The van der Waals surface area contributed by atoms with E-state index in [4.69, 9.17) is 10.5 Å². The molecule has 150 valence electrons. The number of carbonyl (C=O) groups excluding carboxylic acids is 1. The van der Waals surface area contributed by atoms with Crippen LogP contribution in [0.5, 0.6) is 5.75 Å². The zero-order valence-corrected chi connectivity index (χ0v) is 16.6. The number of aryl methyl sites for hydroxylation is 1. The Labute approximate surface area is 169 Å². The van der Waals surface area contributed by atoms with Gasteiger partial charge in [0.05, 0.1) is 18.2 Å². The average molecular weight is 391 g/mol. The zero-order valence-electron chi connectivity index (χ0n) is 16.6. The Morgan fingerprint density at radius 1 is 1.24 bits per heavy atom. The van der Waals surface area contributed by atoms with Crippen LogP contribution in [0.15, 0.2) is 42.5 Å². The number of aromatic nitrogens is 2. The van der Waals surface area contributed by atoms with E-state index in [1.807, 2.05) is 31.2 Å². The highest BCUT2D eigenvalue weighted by atomic mass is 16.5. The molecule has 2 heterocycles. The van der Waals surface area contributed by atoms with E-state index in [-0.39, 0.29) is 6.04 Å². The number of anilines is 1. The third-order valence-electron chi connectivity index (χ3n) is 5.43. The minimum Gasteiger partial charge on any atom is -0.497 e. The molecule has 7 nitrogen and oxygen atoms in total. The minimum atomic E-state index is -0.492. The fourth-order valence-corrected chi connectivity index (χ4v) is 4.03. The number of para-hydroxylation sites is 1. The molecule has 0 radical (unpaired) electrons. The Morgan fingerprint density at radius 2 is 2.07 bits per heavy atom. The van der Waals surface area contributed by atoms with E-state index < -0.39 is 5.91 Å². The predicted octanol–water partition coefficient (Wildman–Crippen LogP) is 2.60. The molecule has 2 aromatic carbocycles. The molecule has 4 N–H and O–H groups in total. The number of nitrogens with one attached hydrogen (secondary N) is 2. The van der Waals surface area contributed by atoms with Gasteiger partial charge in [0.25, 0.3) is 5.91 Å². The first-order valence-corrected chi connectivity index (χ1v) is 9.75. The molecule has 0 spiro atoms. The van der Waals surface area contributed by atoms with Gasteiger partial charge in [-0.1, -0.05) is 18.2 Å². The SMILES string of the molecule is COc1cccc([C@H]2CCNCC2Nc2nc(C)nc3c(C(N)=O)cccc23)c1. The van der Waals surface area contributed by atoms with Crippen LogP contribution in [0.4, 0.5) is 5.82 Å². The predicted molar refractivity (Wildman–Crippen MR) is 113 cm³/mol. The van der Waals surface area contributed by atoms with Gasteiger partial charge in [-0.3, -0.25) is 4.79 Å². The lowest BCUT2D eigenvalue weighted by atomic mass is 9.86. The summed E-state index contributed by atoms with van der Waals surface area (Å²) in [4.78, 5) is 20.9. The molecule has 1 aliphatic heterocycles. The molecule has 0 saturated carbocycles. The first-order valence-electron chi connectivity index (χ1n) is 9.75. The zero-order chi connectivity index (χ0) is 20.4. The summed E-state index contributed by atoms with van der Waals surface area (Å²) < 4.78 is 5.41. The van der Waals surface area contributed by atoms with Crippen molar-refractivity contribution in [3.8, 4) is 5.75 Å². The van der Waals surface area contributed by atoms with Crippen LogP contribution >= 0.6 is 0 Å². The van der Waals surface area contributed by atoms with Crippen LogP contribution in [-0.2, 0) is 0 Å². The second kappa shape index (κ2) is 8.05. The number of nitrogens with zero attached hydrogens (tertiary/aromatic N) is 2. The van der Waals surface area contributed by atoms with Gasteiger partial charge in [0.2, 0.25) is 0 Å². The monoisotopic (exact) mass is 391 g/mol. The summed E-state index contributed by atoms with van der Waals surface area (Å²) in [5, 5.41) is 7.87. The van der Waals surface area contributed by atoms with Gasteiger partial charge in [0.1, 0.15) is 17.4 Å². The highest BCUT2D eigenvalue weighted by molar-refractivity contribution is 6.07. The molecular formula is C22H25N5O2. The minimum absolute atomic E-state index is 0.130. The van der Waals surface area contributed by atoms with Crippen molar-refractivity contribution >= 4 is 22.6 Å². The Balaban J connectivity index is 1.72. The first-order chi connectivity index (χ1) is 14.1. The van der Waals surface area contributed by atoms with Crippen molar-refractivity contribution in [2.45, 2.75) is 25.3 Å². The normalized spacial score (nSPS) is 19.1. The number of benzene rings is 2. The Bertz CT molecular complexity index is 1050. The Kier molecular flexibility index (Phi) is 5.31. The number of fused-ring (bicyclic) bond motifs is 1. The molecule has 0 bridgehead atoms. The largest absolute Gasteiger partial charge is 0.497 e. The fourth-order valence-electron chi connectivity index (χ4n) is 4.03. The van der Waals surface area contributed by atoms with Gasteiger partial charge < -0.3 is 21.1 Å². The number of amides is 1. The molecule has 0 aliphatic carbocycles. The summed E-state index contributed by atoms with van der Waals surface area (Å²) in [6.07, 6.45) is 0.999. The summed E-state index contributed by atoms with van der Waals surface area (Å²) in [5.41, 5.74) is 7.77. The van der Waals surface area contributed by atoms with Gasteiger partial charge in [-0.2, -0.15) is 0 Å². The lowest BCUT2D eigenvalue weighted by Gasteiger charge is -2.34. The Morgan fingerprint density at radius 3 is 2.86 bits per heavy atom. The number of carbonyl (C=O) groups is 1. The van der Waals surface area contributed by atoms with Gasteiger partial charge >= 0.3 is 0 Å². The van der Waals surface area contributed by atoms with Crippen molar-refractivity contribution in [3.05, 3.63) is 59.4 Å². The van der Waals surface area contributed by atoms with Crippen molar-refractivity contribution in [2.75, 3.05) is 25.5 Å². The number of hydrogen-bond donors (Lipinski definition) is 3. The Hall–Kier alpha value is -3.19. The lowest BCUT2D eigenvalue weighted by molar-refractivity contribution is 0.100. The van der Waals surface area contributed by atoms with E-state index in [1.165, 1.54) is 5.56 Å². The first kappa shape index (κ1) is 19.1. The maximum atomic E-state index is 11.8. The number of hydrogen-bond acceptors (Lipinski definition) is 6. The van der Waals surface area contributed by atoms with Crippen molar-refractivity contribution in [1.82, 2.24) is 15.3 Å². The highest BCUT2D eigenvalue weighted by Crippen LogP contribution is 2.31. The van der Waals surface area contributed by atoms with Crippen molar-refractivity contribution in [3.63, 3.8) is 0 Å². The third-order valence-corrected chi connectivity index (χ3v) is 5.43. The topological polar surface area (TPSA) is 102 Å². The van der Waals surface area contributed by atoms with Crippen LogP contribution in [0.25, 0.3) is 10.9 Å². The van der Waals surface area contributed by atoms with Gasteiger partial charge in [0, 0.05) is 23.9 Å². The molecule has 3 aromatic rings. The average Bonchev–Trinajstić information content (AvgIpc) is 2.73. The maximum Gasteiger partial charge on any atom is 0.250 e. The number of methoxy groups -OCH3 is 1. The third kappa shape index (κ3) is 3.86. The van der Waals surface area contributed by atoms with Gasteiger partial charge in [-0.25, -0.2) is 9.97 Å². The van der Waals surface area contributed by atoms with Gasteiger partial charge in [0.15, 0.2) is 0 Å². The van der Waals surface area contributed by atoms with E-state index >= 15 is 0 Å². The molecule has 2 atom stereocenters. The highest BCUT2D eigenvalue weighted by Gasteiger charge is 2.28. The lowest BCUT2D eigenvalue weighted by Crippen LogP contribution is -2.44. The van der Waals surface area contributed by atoms with Crippen LogP contribution in [0, 0.1) is 6.92 Å². The number of primary amides is 1. The van der Waals surface area contributed by atoms with Crippen LogP contribution in [0.3, 0.4) is 0 Å². The number of ether oxygens (including phenoxy) is 1. The summed E-state index contributed by atoms with van der Waals surface area (Å²) in [7, 11) is 1.68. The summed E-state index contributed by atoms with van der Waals surface area (Å²) in [6.45, 7) is 3.58. The summed E-state index contributed by atoms with van der Waals surface area (Å²) >= 11 is 0. The molecular weight excluding hydrogens is 366 g/mol. The number of nitrogens with two attached hydrogens (primary N) is 1. The van der Waals surface area contributed by atoms with E-state index in [1.54, 1.807) is 13.2 Å². The quantitative estimate of drug-likeness (QED) is 0.618. The van der Waals surface area contributed by atoms with Crippen LogP contribution < -0.4 is 21.1 Å². The maximum absolute atomic E-state index is 11.8. The summed E-state index contributed by atoms with van der Waals surface area (Å²) in [6, 6.07) is 13.8. The number of rotatable bonds is 5. The molecule has 7 heteroatoms. The molecule has 1 unspecified atom stereocenters. The van der Waals surface area contributed by atoms with Crippen LogP contribution in [-0.4, -0.2) is 42.1 Å². The fraction of sp³-hybridized carbons (Fsp3) is 0.318. The van der Waals surface area contributed by atoms with Gasteiger partial charge in [-0.05, 0) is 49.7 Å². The van der Waals surface area contributed by atoms with Crippen molar-refractivity contribution < 1.29 is 9.53 Å². The van der Waals surface area contributed by atoms with E-state index in [2.05, 4.69) is 32.7 Å². The second-order valence-corrected chi connectivity index (χ2v) is 7.31. The van der Waals surface area contributed by atoms with E-state index in [0.29, 0.717) is 22.8 Å². The van der Waals surface area contributed by atoms with E-state index in [9.17, 15) is 4.79 Å². The standard InChI is InChI=1S/C22H25N5O2/c1-13-25-20-17(21(23)28)7-4-8-18(20)22(26-13)27-19-12-24-10-9-16(19)14-5-3-6-15(11-14)29-2/h3-8,11,16,19,24H,9-10,12H2,1-2H3,(H2,23,28)(H,25,26,27)/t16-,19?/m1/s1. The molecule has 1 saturated heterocycles. The second-order valence-electron chi connectivity index (χ2n) is 7.31. The molecule has 1 fully saturated rings. The molecule has 1 aromatic heterocycles. The smallest absolute Gasteiger partial charge is 0.250 e. The van der Waals surface area contributed by atoms with E-state index in [0.717, 1.165) is 36.5 Å². The van der Waals surface area contributed by atoms with Crippen molar-refractivity contribution in [1.29, 1.82) is 0 Å². The van der Waals surface area contributed by atoms with Crippen molar-refractivity contribution in [2.24, 2.45) is 5.73 Å². The molecule has 1 aliphatic rings.